The van der Waals surface area contributed by atoms with Gasteiger partial charge in [0.25, 0.3) is 0 Å². The highest BCUT2D eigenvalue weighted by atomic mass is 16.3. The van der Waals surface area contributed by atoms with Gasteiger partial charge in [-0.1, -0.05) is 27.2 Å². The molecule has 0 aliphatic rings. The molecule has 0 rings (SSSR count). The van der Waals surface area contributed by atoms with Crippen LogP contribution in [-0.2, 0) is 4.79 Å². The van der Waals surface area contributed by atoms with E-state index in [-0.39, 0.29) is 11.9 Å². The van der Waals surface area contributed by atoms with Gasteiger partial charge in [0.05, 0.1) is 6.10 Å². The molecule has 0 aromatic rings. The minimum absolute atomic E-state index is 0.154. The Labute approximate surface area is 106 Å². The maximum Gasteiger partial charge on any atom is 0.223 e. The first-order chi connectivity index (χ1) is 7.79. The summed E-state index contributed by atoms with van der Waals surface area (Å²) in [6.07, 6.45) is 1.17. The Morgan fingerprint density at radius 1 is 1.18 bits per heavy atom. The molecule has 0 aliphatic heterocycles. The Morgan fingerprint density at radius 2 is 1.71 bits per heavy atom. The molecule has 1 N–H and O–H groups in total. The van der Waals surface area contributed by atoms with Gasteiger partial charge in [-0.05, 0) is 32.6 Å². The maximum atomic E-state index is 12.2. The van der Waals surface area contributed by atoms with Crippen LogP contribution in [0.25, 0.3) is 0 Å². The smallest absolute Gasteiger partial charge is 0.223 e. The largest absolute Gasteiger partial charge is 0.392 e. The lowest BCUT2D eigenvalue weighted by atomic mass is 9.89. The molecule has 0 bridgehead atoms. The number of hydrogen-bond donors (Lipinski definition) is 1. The minimum Gasteiger partial charge on any atom is -0.392 e. The lowest BCUT2D eigenvalue weighted by molar-refractivity contribution is -0.135. The number of nitrogens with zero attached hydrogens (tertiary/aromatic N) is 1. The average molecular weight is 243 g/mol. The van der Waals surface area contributed by atoms with E-state index in [9.17, 15) is 9.90 Å². The molecule has 0 spiro atoms. The zero-order valence-corrected chi connectivity index (χ0v) is 12.2. The van der Waals surface area contributed by atoms with Crippen molar-refractivity contribution in [2.24, 2.45) is 11.8 Å². The molecule has 102 valence electrons. The Balaban J connectivity index is 4.51. The molecule has 2 atom stereocenters. The molecule has 1 amide bonds. The summed E-state index contributed by atoms with van der Waals surface area (Å²) in [5.74, 6) is 1.14. The molecule has 0 saturated heterocycles. The van der Waals surface area contributed by atoms with Crippen LogP contribution in [0.2, 0.25) is 0 Å². The van der Waals surface area contributed by atoms with Gasteiger partial charge in [0, 0.05) is 19.0 Å². The van der Waals surface area contributed by atoms with Gasteiger partial charge in [0.2, 0.25) is 5.91 Å². The third-order valence-corrected chi connectivity index (χ3v) is 3.31. The van der Waals surface area contributed by atoms with Gasteiger partial charge in [-0.25, -0.2) is 0 Å². The average Bonchev–Trinajstić information content (AvgIpc) is 2.20. The number of carbonyl (C=O) groups is 1. The van der Waals surface area contributed by atoms with Crippen LogP contribution >= 0.6 is 0 Å². The van der Waals surface area contributed by atoms with Crippen LogP contribution < -0.4 is 0 Å². The van der Waals surface area contributed by atoms with Crippen LogP contribution in [0.4, 0.5) is 0 Å². The van der Waals surface area contributed by atoms with E-state index in [4.69, 9.17) is 0 Å². The minimum atomic E-state index is -0.458. The van der Waals surface area contributed by atoms with Crippen molar-refractivity contribution < 1.29 is 9.90 Å². The first-order valence-corrected chi connectivity index (χ1v) is 6.77. The third-order valence-electron chi connectivity index (χ3n) is 3.31. The summed E-state index contributed by atoms with van der Waals surface area (Å²) in [4.78, 5) is 14.0. The fourth-order valence-electron chi connectivity index (χ4n) is 2.08. The molecule has 0 aromatic heterocycles. The van der Waals surface area contributed by atoms with E-state index in [0.29, 0.717) is 24.8 Å². The topological polar surface area (TPSA) is 40.5 Å². The van der Waals surface area contributed by atoms with Crippen molar-refractivity contribution in [1.82, 2.24) is 4.90 Å². The van der Waals surface area contributed by atoms with Crippen molar-refractivity contribution in [2.45, 2.75) is 66.5 Å². The Bertz CT molecular complexity index is 224. The molecule has 3 nitrogen and oxygen atoms in total. The number of aliphatic hydroxyl groups excluding tert-OH is 1. The van der Waals surface area contributed by atoms with E-state index in [1.807, 2.05) is 13.8 Å². The van der Waals surface area contributed by atoms with E-state index >= 15 is 0 Å². The SMILES string of the molecule is CCC(CC(=O)N(CC(C)O)C(C)C)C(C)C. The van der Waals surface area contributed by atoms with Crippen LogP contribution in [0.15, 0.2) is 0 Å². The zero-order chi connectivity index (χ0) is 13.6. The van der Waals surface area contributed by atoms with Gasteiger partial charge in [0.1, 0.15) is 0 Å². The number of amides is 1. The second-order valence-electron chi connectivity index (χ2n) is 5.61. The van der Waals surface area contributed by atoms with E-state index in [2.05, 4.69) is 20.8 Å². The molecule has 2 unspecified atom stereocenters. The summed E-state index contributed by atoms with van der Waals surface area (Å²) in [6.45, 7) is 12.6. The molecular formula is C14H29NO2. The van der Waals surface area contributed by atoms with Crippen molar-refractivity contribution >= 4 is 5.91 Å². The van der Waals surface area contributed by atoms with Crippen LogP contribution in [-0.4, -0.2) is 34.6 Å². The summed E-state index contributed by atoms with van der Waals surface area (Å²) in [6, 6.07) is 0.154. The van der Waals surface area contributed by atoms with Crippen LogP contribution in [0.1, 0.15) is 54.4 Å². The maximum absolute atomic E-state index is 12.2. The molecule has 0 aromatic carbocycles. The Kier molecular flexibility index (Phi) is 7.44. The predicted molar refractivity (Wildman–Crippen MR) is 71.8 cm³/mol. The number of rotatable bonds is 7. The monoisotopic (exact) mass is 243 g/mol. The van der Waals surface area contributed by atoms with Gasteiger partial charge in [-0.15, -0.1) is 0 Å². The molecule has 0 saturated carbocycles. The highest BCUT2D eigenvalue weighted by molar-refractivity contribution is 5.76. The van der Waals surface area contributed by atoms with E-state index in [1.54, 1.807) is 11.8 Å². The Morgan fingerprint density at radius 3 is 2.00 bits per heavy atom. The first kappa shape index (κ1) is 16.4. The van der Waals surface area contributed by atoms with Crippen LogP contribution in [0.3, 0.4) is 0 Å². The second kappa shape index (κ2) is 7.70. The molecular weight excluding hydrogens is 214 g/mol. The number of carbonyl (C=O) groups excluding carboxylic acids is 1. The summed E-state index contributed by atoms with van der Waals surface area (Å²) in [5.41, 5.74) is 0. The number of hydrogen-bond acceptors (Lipinski definition) is 2. The highest BCUT2D eigenvalue weighted by Crippen LogP contribution is 2.20. The predicted octanol–water partition coefficient (Wildman–Crippen LogP) is 2.68. The zero-order valence-electron chi connectivity index (χ0n) is 12.2. The Hall–Kier alpha value is -0.570. The molecule has 0 heterocycles. The molecule has 0 radical (unpaired) electrons. The van der Waals surface area contributed by atoms with E-state index < -0.39 is 6.10 Å². The first-order valence-electron chi connectivity index (χ1n) is 6.77. The van der Waals surface area contributed by atoms with Gasteiger partial charge >= 0.3 is 0 Å². The van der Waals surface area contributed by atoms with Gasteiger partial charge in [-0.3, -0.25) is 4.79 Å². The van der Waals surface area contributed by atoms with Crippen LogP contribution in [0, 0.1) is 11.8 Å². The van der Waals surface area contributed by atoms with Crippen molar-refractivity contribution in [3.63, 3.8) is 0 Å². The van der Waals surface area contributed by atoms with Crippen molar-refractivity contribution in [2.75, 3.05) is 6.54 Å². The van der Waals surface area contributed by atoms with Gasteiger partial charge in [-0.2, -0.15) is 0 Å². The fourth-order valence-corrected chi connectivity index (χ4v) is 2.08. The molecule has 17 heavy (non-hydrogen) atoms. The summed E-state index contributed by atoms with van der Waals surface area (Å²) in [7, 11) is 0. The fraction of sp³-hybridized carbons (Fsp3) is 0.929. The quantitative estimate of drug-likeness (QED) is 0.747. The molecule has 3 heteroatoms. The number of aliphatic hydroxyl groups is 1. The van der Waals surface area contributed by atoms with Gasteiger partial charge < -0.3 is 10.0 Å². The van der Waals surface area contributed by atoms with Gasteiger partial charge in [0.15, 0.2) is 0 Å². The second-order valence-corrected chi connectivity index (χ2v) is 5.61. The van der Waals surface area contributed by atoms with E-state index in [1.165, 1.54) is 0 Å². The summed E-state index contributed by atoms with van der Waals surface area (Å²) >= 11 is 0. The standard InChI is InChI=1S/C14H29NO2/c1-7-13(10(2)3)8-14(17)15(11(4)5)9-12(6)16/h10-13,16H,7-9H2,1-6H3. The van der Waals surface area contributed by atoms with Crippen molar-refractivity contribution in [3.8, 4) is 0 Å². The van der Waals surface area contributed by atoms with Crippen LogP contribution in [0.5, 0.6) is 0 Å². The molecule has 0 fully saturated rings. The van der Waals surface area contributed by atoms with E-state index in [0.717, 1.165) is 6.42 Å². The lowest BCUT2D eigenvalue weighted by Gasteiger charge is -2.30. The molecule has 0 aliphatic carbocycles. The third kappa shape index (κ3) is 6.06. The lowest BCUT2D eigenvalue weighted by Crippen LogP contribution is -2.42. The summed E-state index contributed by atoms with van der Waals surface area (Å²) < 4.78 is 0. The van der Waals surface area contributed by atoms with Crippen molar-refractivity contribution in [1.29, 1.82) is 0 Å². The van der Waals surface area contributed by atoms with Crippen molar-refractivity contribution in [3.05, 3.63) is 0 Å². The normalized spacial score (nSPS) is 15.1. The highest BCUT2D eigenvalue weighted by Gasteiger charge is 2.23. The summed E-state index contributed by atoms with van der Waals surface area (Å²) in [5, 5.41) is 9.43.